The normalized spacial score (nSPS) is 14.2. The molecule has 2 heterocycles. The van der Waals surface area contributed by atoms with E-state index in [1.54, 1.807) is 0 Å². The van der Waals surface area contributed by atoms with E-state index in [9.17, 15) is 0 Å². The van der Waals surface area contributed by atoms with Crippen molar-refractivity contribution in [3.8, 4) is 45.0 Å². The van der Waals surface area contributed by atoms with Crippen molar-refractivity contribution in [2.24, 2.45) is 0 Å². The van der Waals surface area contributed by atoms with Crippen LogP contribution in [0.4, 0.5) is 0 Å². The maximum absolute atomic E-state index is 6.79. The van der Waals surface area contributed by atoms with E-state index in [0.717, 1.165) is 56.2 Å². The number of furan rings is 1. The summed E-state index contributed by atoms with van der Waals surface area (Å²) >= 11 is 0. The fourth-order valence-electron chi connectivity index (χ4n) is 7.73. The van der Waals surface area contributed by atoms with Gasteiger partial charge in [-0.15, -0.1) is 0 Å². The smallest absolute Gasteiger partial charge is 0.164 e. The summed E-state index contributed by atoms with van der Waals surface area (Å²) in [6, 6.07) is 57.0. The SMILES string of the molecule is C1=CC(c2ccccc2)CC=C1c1nc(-c2ccccc2)nc(-c2cccc3oc4c(-c5ccc(-c6ccccc6)c6ccccc56)cccc4c23)n1. The van der Waals surface area contributed by atoms with Crippen molar-refractivity contribution in [1.82, 2.24) is 15.0 Å². The van der Waals surface area contributed by atoms with Crippen LogP contribution in [0, 0.1) is 0 Å². The van der Waals surface area contributed by atoms with E-state index in [1.807, 2.05) is 42.5 Å². The van der Waals surface area contributed by atoms with Crippen LogP contribution in [0.25, 0.3) is 83.3 Å². The van der Waals surface area contributed by atoms with Crippen molar-refractivity contribution in [3.05, 3.63) is 193 Å². The molecule has 0 spiro atoms. The van der Waals surface area contributed by atoms with Crippen LogP contribution in [-0.4, -0.2) is 15.0 Å². The van der Waals surface area contributed by atoms with Gasteiger partial charge in [0, 0.05) is 39.0 Å². The lowest BCUT2D eigenvalue weighted by Crippen LogP contribution is -2.05. The van der Waals surface area contributed by atoms with Crippen LogP contribution in [0.5, 0.6) is 0 Å². The summed E-state index contributed by atoms with van der Waals surface area (Å²) in [7, 11) is 0. The fourth-order valence-corrected chi connectivity index (χ4v) is 7.73. The molecule has 1 aliphatic rings. The number of aromatic nitrogens is 3. The molecule has 4 heteroatoms. The minimum absolute atomic E-state index is 0.321. The zero-order valence-corrected chi connectivity index (χ0v) is 28.9. The second-order valence-electron chi connectivity index (χ2n) is 13.5. The van der Waals surface area contributed by atoms with Crippen molar-refractivity contribution < 1.29 is 4.42 Å². The molecule has 10 rings (SSSR count). The molecule has 2 aromatic heterocycles. The Morgan fingerprint density at radius 2 is 1.06 bits per heavy atom. The van der Waals surface area contributed by atoms with Crippen molar-refractivity contribution in [1.29, 1.82) is 0 Å². The standard InChI is InChI=1S/C49H33N3O/c1-4-14-32(15-5-1)33-26-28-36(29-27-33)48-50-47(35-18-8-3-9-19-35)51-49(52-48)43-24-13-25-44-45(43)42-23-12-22-41(46(42)53-44)40-31-30-37(34-16-6-2-7-17-34)38-20-10-11-21-39(38)40/h1-26,28-31,33H,27H2. The first-order valence-electron chi connectivity index (χ1n) is 18.1. The molecule has 1 aliphatic carbocycles. The largest absolute Gasteiger partial charge is 0.455 e. The van der Waals surface area contributed by atoms with Crippen molar-refractivity contribution in [2.45, 2.75) is 12.3 Å². The van der Waals surface area contributed by atoms with E-state index in [2.05, 4.69) is 140 Å². The number of hydrogen-bond donors (Lipinski definition) is 0. The van der Waals surface area contributed by atoms with Crippen LogP contribution < -0.4 is 0 Å². The quantitative estimate of drug-likeness (QED) is 0.175. The molecule has 0 amide bonds. The van der Waals surface area contributed by atoms with E-state index in [0.29, 0.717) is 23.4 Å². The summed E-state index contributed by atoms with van der Waals surface area (Å²) in [5, 5.41) is 4.40. The second-order valence-corrected chi connectivity index (χ2v) is 13.5. The molecule has 9 aromatic rings. The lowest BCUT2D eigenvalue weighted by Gasteiger charge is -2.17. The minimum atomic E-state index is 0.321. The molecule has 0 fully saturated rings. The number of benzene rings is 7. The Labute approximate surface area is 307 Å². The second kappa shape index (κ2) is 13.0. The highest BCUT2D eigenvalue weighted by molar-refractivity contribution is 6.17. The Kier molecular flexibility index (Phi) is 7.58. The summed E-state index contributed by atoms with van der Waals surface area (Å²) in [6.45, 7) is 0. The van der Waals surface area contributed by atoms with Gasteiger partial charge in [-0.3, -0.25) is 0 Å². The molecule has 53 heavy (non-hydrogen) atoms. The molecule has 0 saturated carbocycles. The maximum atomic E-state index is 6.79. The molecular formula is C49H33N3O. The third-order valence-electron chi connectivity index (χ3n) is 10.3. The summed E-state index contributed by atoms with van der Waals surface area (Å²) < 4.78 is 6.79. The van der Waals surface area contributed by atoms with Crippen LogP contribution in [0.2, 0.25) is 0 Å². The lowest BCUT2D eigenvalue weighted by molar-refractivity contribution is 0.670. The van der Waals surface area contributed by atoms with Crippen LogP contribution in [0.3, 0.4) is 0 Å². The number of hydrogen-bond acceptors (Lipinski definition) is 4. The van der Waals surface area contributed by atoms with E-state index < -0.39 is 0 Å². The molecule has 0 aliphatic heterocycles. The van der Waals surface area contributed by atoms with Gasteiger partial charge in [0.2, 0.25) is 0 Å². The molecule has 0 N–H and O–H groups in total. The number of nitrogens with zero attached hydrogens (tertiary/aromatic N) is 3. The average molecular weight is 680 g/mol. The monoisotopic (exact) mass is 679 g/mol. The first-order chi connectivity index (χ1) is 26.3. The first kappa shape index (κ1) is 30.9. The van der Waals surface area contributed by atoms with Gasteiger partial charge in [-0.1, -0.05) is 176 Å². The Balaban J connectivity index is 1.13. The fraction of sp³-hybridized carbons (Fsp3) is 0.0408. The predicted molar refractivity (Wildman–Crippen MR) is 217 cm³/mol. The van der Waals surface area contributed by atoms with Gasteiger partial charge in [-0.2, -0.15) is 0 Å². The van der Waals surface area contributed by atoms with Gasteiger partial charge >= 0.3 is 0 Å². The Morgan fingerprint density at radius 3 is 1.81 bits per heavy atom. The van der Waals surface area contributed by atoms with E-state index in [-0.39, 0.29) is 0 Å². The van der Waals surface area contributed by atoms with Gasteiger partial charge in [-0.05, 0) is 45.5 Å². The molecule has 7 aromatic carbocycles. The van der Waals surface area contributed by atoms with E-state index >= 15 is 0 Å². The summed E-state index contributed by atoms with van der Waals surface area (Å²) in [5.74, 6) is 2.24. The Hall–Kier alpha value is -6.91. The average Bonchev–Trinajstić information content (AvgIpc) is 3.64. The maximum Gasteiger partial charge on any atom is 0.164 e. The number of allylic oxidation sites excluding steroid dienone is 4. The van der Waals surface area contributed by atoms with Crippen LogP contribution in [0.15, 0.2) is 186 Å². The number of fused-ring (bicyclic) bond motifs is 4. The van der Waals surface area contributed by atoms with Crippen LogP contribution in [-0.2, 0) is 0 Å². The van der Waals surface area contributed by atoms with Gasteiger partial charge < -0.3 is 4.42 Å². The zero-order chi connectivity index (χ0) is 35.1. The Bertz CT molecular complexity index is 2850. The highest BCUT2D eigenvalue weighted by Gasteiger charge is 2.21. The van der Waals surface area contributed by atoms with E-state index in [1.165, 1.54) is 27.5 Å². The number of rotatable bonds is 6. The Morgan fingerprint density at radius 1 is 0.453 bits per heavy atom. The van der Waals surface area contributed by atoms with Gasteiger partial charge in [-0.25, -0.2) is 15.0 Å². The van der Waals surface area contributed by atoms with Gasteiger partial charge in [0.25, 0.3) is 0 Å². The van der Waals surface area contributed by atoms with Gasteiger partial charge in [0.1, 0.15) is 11.2 Å². The van der Waals surface area contributed by atoms with Gasteiger partial charge in [0.15, 0.2) is 17.5 Å². The molecule has 0 bridgehead atoms. The zero-order valence-electron chi connectivity index (χ0n) is 28.9. The molecular weight excluding hydrogens is 647 g/mol. The highest BCUT2D eigenvalue weighted by atomic mass is 16.3. The van der Waals surface area contributed by atoms with Crippen molar-refractivity contribution in [2.75, 3.05) is 0 Å². The first-order valence-corrected chi connectivity index (χ1v) is 18.1. The van der Waals surface area contributed by atoms with E-state index in [4.69, 9.17) is 19.4 Å². The van der Waals surface area contributed by atoms with Crippen LogP contribution in [0.1, 0.15) is 23.7 Å². The number of para-hydroxylation sites is 1. The third kappa shape index (κ3) is 5.53. The minimum Gasteiger partial charge on any atom is -0.455 e. The molecule has 0 saturated heterocycles. The molecule has 1 unspecified atom stereocenters. The molecule has 1 atom stereocenters. The van der Waals surface area contributed by atoms with Crippen molar-refractivity contribution in [3.63, 3.8) is 0 Å². The van der Waals surface area contributed by atoms with Crippen LogP contribution >= 0.6 is 0 Å². The highest BCUT2D eigenvalue weighted by Crippen LogP contribution is 2.43. The molecule has 4 nitrogen and oxygen atoms in total. The molecule has 0 radical (unpaired) electrons. The summed E-state index contributed by atoms with van der Waals surface area (Å²) in [6.07, 6.45) is 7.54. The summed E-state index contributed by atoms with van der Waals surface area (Å²) in [4.78, 5) is 15.3. The van der Waals surface area contributed by atoms with Gasteiger partial charge in [0.05, 0.1) is 0 Å². The van der Waals surface area contributed by atoms with Crippen molar-refractivity contribution >= 4 is 38.3 Å². The topological polar surface area (TPSA) is 51.8 Å². The third-order valence-corrected chi connectivity index (χ3v) is 10.3. The lowest BCUT2D eigenvalue weighted by atomic mass is 9.90. The summed E-state index contributed by atoms with van der Waals surface area (Å²) in [5.41, 5.74) is 10.4. The predicted octanol–water partition coefficient (Wildman–Crippen LogP) is 12.7. The molecule has 250 valence electrons.